The van der Waals surface area contributed by atoms with E-state index in [1.54, 1.807) is 0 Å². The number of carbonyl (C=O) groups is 1. The Morgan fingerprint density at radius 1 is 1.39 bits per heavy atom. The number of pyridine rings is 1. The van der Waals surface area contributed by atoms with Gasteiger partial charge in [0, 0.05) is 24.8 Å². The van der Waals surface area contributed by atoms with Gasteiger partial charge in [-0.15, -0.1) is 0 Å². The second kappa shape index (κ2) is 6.97. The molecule has 2 rings (SSSR count). The SMILES string of the molecule is O=C(NCc1ccnc(OC(F)F)c1)N[C@H]1C[C@H](C(F)(F)F)C1. The van der Waals surface area contributed by atoms with Crippen LogP contribution in [-0.2, 0) is 6.54 Å². The van der Waals surface area contributed by atoms with Crippen LogP contribution in [0.25, 0.3) is 0 Å². The lowest BCUT2D eigenvalue weighted by molar-refractivity contribution is -0.198. The summed E-state index contributed by atoms with van der Waals surface area (Å²) in [5.41, 5.74) is 0.465. The van der Waals surface area contributed by atoms with E-state index in [2.05, 4.69) is 20.4 Å². The summed E-state index contributed by atoms with van der Waals surface area (Å²) in [7, 11) is 0. The molecule has 0 aliphatic heterocycles. The molecule has 0 saturated heterocycles. The molecular formula is C13H14F5N3O2. The number of alkyl halides is 5. The number of carbonyl (C=O) groups excluding carboxylic acids is 1. The fourth-order valence-corrected chi connectivity index (χ4v) is 2.14. The van der Waals surface area contributed by atoms with Crippen LogP contribution in [0.5, 0.6) is 5.88 Å². The molecule has 5 nitrogen and oxygen atoms in total. The Morgan fingerprint density at radius 3 is 2.70 bits per heavy atom. The van der Waals surface area contributed by atoms with E-state index in [0.29, 0.717) is 5.56 Å². The number of urea groups is 1. The van der Waals surface area contributed by atoms with Gasteiger partial charge in [-0.3, -0.25) is 0 Å². The number of nitrogens with one attached hydrogen (secondary N) is 2. The number of ether oxygens (including phenoxy) is 1. The Hall–Kier alpha value is -2.13. The van der Waals surface area contributed by atoms with Gasteiger partial charge in [0.1, 0.15) is 0 Å². The number of halogens is 5. The minimum Gasteiger partial charge on any atom is -0.417 e. The van der Waals surface area contributed by atoms with Crippen LogP contribution < -0.4 is 15.4 Å². The van der Waals surface area contributed by atoms with Gasteiger partial charge in [0.05, 0.1) is 5.92 Å². The third-order valence-corrected chi connectivity index (χ3v) is 3.40. The summed E-state index contributed by atoms with van der Waals surface area (Å²) >= 11 is 0. The molecule has 0 aromatic carbocycles. The van der Waals surface area contributed by atoms with Gasteiger partial charge in [-0.25, -0.2) is 9.78 Å². The summed E-state index contributed by atoms with van der Waals surface area (Å²) in [6.07, 6.45) is -3.27. The van der Waals surface area contributed by atoms with Crippen molar-refractivity contribution in [1.82, 2.24) is 15.6 Å². The van der Waals surface area contributed by atoms with E-state index in [9.17, 15) is 26.7 Å². The minimum atomic E-state index is -4.23. The van der Waals surface area contributed by atoms with Gasteiger partial charge in [0.25, 0.3) is 0 Å². The van der Waals surface area contributed by atoms with Crippen LogP contribution in [0.1, 0.15) is 18.4 Å². The monoisotopic (exact) mass is 339 g/mol. The molecule has 1 aliphatic carbocycles. The first-order chi connectivity index (χ1) is 10.7. The first kappa shape index (κ1) is 17.2. The molecular weight excluding hydrogens is 325 g/mol. The van der Waals surface area contributed by atoms with Crippen LogP contribution >= 0.6 is 0 Å². The van der Waals surface area contributed by atoms with Crippen LogP contribution in [0, 0.1) is 5.92 Å². The minimum absolute atomic E-state index is 0.00334. The molecule has 2 N–H and O–H groups in total. The van der Waals surface area contributed by atoms with Crippen LogP contribution in [0.15, 0.2) is 18.3 Å². The number of nitrogens with zero attached hydrogens (tertiary/aromatic N) is 1. The fourth-order valence-electron chi connectivity index (χ4n) is 2.14. The van der Waals surface area contributed by atoms with Gasteiger partial charge >= 0.3 is 18.8 Å². The first-order valence-electron chi connectivity index (χ1n) is 6.75. The number of amides is 2. The van der Waals surface area contributed by atoms with Crippen LogP contribution in [0.2, 0.25) is 0 Å². The summed E-state index contributed by atoms with van der Waals surface area (Å²) in [6, 6.07) is 1.58. The summed E-state index contributed by atoms with van der Waals surface area (Å²) in [4.78, 5) is 15.1. The Bertz CT molecular complexity index is 547. The molecule has 0 radical (unpaired) electrons. The Labute approximate surface area is 128 Å². The zero-order chi connectivity index (χ0) is 17.0. The molecule has 128 valence electrons. The average molecular weight is 339 g/mol. The normalized spacial score (nSPS) is 20.8. The third kappa shape index (κ3) is 5.22. The van der Waals surface area contributed by atoms with Crippen molar-refractivity contribution in [3.8, 4) is 5.88 Å². The van der Waals surface area contributed by atoms with Crippen molar-refractivity contribution in [3.63, 3.8) is 0 Å². The summed E-state index contributed by atoms with van der Waals surface area (Å²) in [5.74, 6) is -1.66. The van der Waals surface area contributed by atoms with Crippen molar-refractivity contribution in [2.24, 2.45) is 5.92 Å². The van der Waals surface area contributed by atoms with Crippen LogP contribution in [-0.4, -0.2) is 29.8 Å². The average Bonchev–Trinajstić information content (AvgIpc) is 2.38. The van der Waals surface area contributed by atoms with Gasteiger partial charge in [-0.05, 0) is 24.5 Å². The quantitative estimate of drug-likeness (QED) is 0.811. The molecule has 1 saturated carbocycles. The maximum Gasteiger partial charge on any atom is 0.391 e. The molecule has 2 amide bonds. The molecule has 23 heavy (non-hydrogen) atoms. The Balaban J connectivity index is 1.73. The lowest BCUT2D eigenvalue weighted by atomic mass is 9.80. The predicted molar refractivity (Wildman–Crippen MR) is 68.8 cm³/mol. The van der Waals surface area contributed by atoms with E-state index in [1.165, 1.54) is 18.3 Å². The molecule has 0 unspecified atom stereocenters. The highest BCUT2D eigenvalue weighted by atomic mass is 19.4. The van der Waals surface area contributed by atoms with E-state index in [4.69, 9.17) is 0 Å². The van der Waals surface area contributed by atoms with Crippen LogP contribution in [0.3, 0.4) is 0 Å². The number of hydrogen-bond donors (Lipinski definition) is 2. The second-order valence-corrected chi connectivity index (χ2v) is 5.11. The number of aromatic nitrogens is 1. The van der Waals surface area contributed by atoms with Gasteiger partial charge in [-0.2, -0.15) is 22.0 Å². The highest BCUT2D eigenvalue weighted by molar-refractivity contribution is 5.74. The predicted octanol–water partition coefficient (Wildman–Crippen LogP) is 2.82. The van der Waals surface area contributed by atoms with Crippen molar-refractivity contribution in [1.29, 1.82) is 0 Å². The maximum absolute atomic E-state index is 12.3. The molecule has 0 bridgehead atoms. The molecule has 1 aromatic heterocycles. The molecule has 10 heteroatoms. The molecule has 1 aliphatic rings. The zero-order valence-corrected chi connectivity index (χ0v) is 11.7. The Kier molecular flexibility index (Phi) is 5.22. The summed E-state index contributed by atoms with van der Waals surface area (Å²) < 4.78 is 65.1. The van der Waals surface area contributed by atoms with Crippen molar-refractivity contribution < 1.29 is 31.5 Å². The van der Waals surface area contributed by atoms with Crippen LogP contribution in [0.4, 0.5) is 26.7 Å². The standard InChI is InChI=1S/C13H14F5N3O2/c14-11(15)23-10-3-7(1-2-19-10)6-20-12(22)21-9-4-8(5-9)13(16,17)18/h1-3,8-9,11H,4-6H2,(H2,20,21,22)/t8-,9-. The molecule has 0 spiro atoms. The summed E-state index contributed by atoms with van der Waals surface area (Å²) in [5, 5.41) is 4.85. The first-order valence-corrected chi connectivity index (χ1v) is 6.75. The van der Waals surface area contributed by atoms with Gasteiger partial charge < -0.3 is 15.4 Å². The number of rotatable bonds is 5. The topological polar surface area (TPSA) is 63.2 Å². The van der Waals surface area contributed by atoms with Gasteiger partial charge in [-0.1, -0.05) is 0 Å². The third-order valence-electron chi connectivity index (χ3n) is 3.40. The van der Waals surface area contributed by atoms with E-state index < -0.39 is 30.8 Å². The second-order valence-electron chi connectivity index (χ2n) is 5.11. The van der Waals surface area contributed by atoms with E-state index in [-0.39, 0.29) is 25.3 Å². The lowest BCUT2D eigenvalue weighted by Gasteiger charge is -2.36. The van der Waals surface area contributed by atoms with E-state index in [1.807, 2.05) is 0 Å². The van der Waals surface area contributed by atoms with Gasteiger partial charge in [0.15, 0.2) is 0 Å². The number of hydrogen-bond acceptors (Lipinski definition) is 3. The maximum atomic E-state index is 12.3. The molecule has 1 fully saturated rings. The van der Waals surface area contributed by atoms with Gasteiger partial charge in [0.2, 0.25) is 5.88 Å². The van der Waals surface area contributed by atoms with E-state index >= 15 is 0 Å². The van der Waals surface area contributed by atoms with Crippen molar-refractivity contribution in [2.45, 2.75) is 38.2 Å². The zero-order valence-electron chi connectivity index (χ0n) is 11.7. The molecule has 1 heterocycles. The summed E-state index contributed by atoms with van der Waals surface area (Å²) in [6.45, 7) is -3.00. The molecule has 1 aromatic rings. The highest BCUT2D eigenvalue weighted by Gasteiger charge is 2.48. The van der Waals surface area contributed by atoms with E-state index in [0.717, 1.165) is 0 Å². The van der Waals surface area contributed by atoms with Crippen molar-refractivity contribution >= 4 is 6.03 Å². The smallest absolute Gasteiger partial charge is 0.391 e. The largest absolute Gasteiger partial charge is 0.417 e. The lowest BCUT2D eigenvalue weighted by Crippen LogP contribution is -2.51. The Morgan fingerprint density at radius 2 is 2.09 bits per heavy atom. The van der Waals surface area contributed by atoms with Crippen molar-refractivity contribution in [3.05, 3.63) is 23.9 Å². The fraction of sp³-hybridized carbons (Fsp3) is 0.538. The highest BCUT2D eigenvalue weighted by Crippen LogP contribution is 2.40. The molecule has 0 atom stereocenters. The van der Waals surface area contributed by atoms with Crippen molar-refractivity contribution in [2.75, 3.05) is 0 Å².